The van der Waals surface area contributed by atoms with Crippen LogP contribution in [0.1, 0.15) is 52.7 Å². The van der Waals surface area contributed by atoms with Gasteiger partial charge >= 0.3 is 0 Å². The number of pyridine rings is 2. The van der Waals surface area contributed by atoms with Crippen molar-refractivity contribution in [3.05, 3.63) is 132 Å². The Morgan fingerprint density at radius 1 is 0.451 bits per heavy atom. The van der Waals surface area contributed by atoms with Crippen LogP contribution in [0.15, 0.2) is 121 Å². The summed E-state index contributed by atoms with van der Waals surface area (Å²) >= 11 is 0. The molecule has 0 atom stereocenters. The van der Waals surface area contributed by atoms with Gasteiger partial charge in [0.2, 0.25) is 0 Å². The molecule has 5 nitrogen and oxygen atoms in total. The van der Waals surface area contributed by atoms with E-state index in [-0.39, 0.29) is 10.8 Å². The predicted octanol–water partition coefficient (Wildman–Crippen LogP) is 12.3. The van der Waals surface area contributed by atoms with Gasteiger partial charge in [-0.15, -0.1) is 0 Å². The number of aromatic nitrogens is 4. The third-order valence-electron chi connectivity index (χ3n) is 10.5. The van der Waals surface area contributed by atoms with Gasteiger partial charge in [-0.1, -0.05) is 96.1 Å². The minimum atomic E-state index is -0.0459. The van der Waals surface area contributed by atoms with Crippen molar-refractivity contribution in [2.45, 2.75) is 52.4 Å². The topological polar surface area (TPSA) is 43.8 Å². The van der Waals surface area contributed by atoms with Crippen molar-refractivity contribution in [3.8, 4) is 11.5 Å². The average Bonchev–Trinajstić information content (AvgIpc) is 3.70. The quantitative estimate of drug-likeness (QED) is 0.173. The lowest BCUT2D eigenvalue weighted by molar-refractivity contribution is 0.484. The second-order valence-corrected chi connectivity index (χ2v) is 15.9. The van der Waals surface area contributed by atoms with Crippen LogP contribution in [-0.4, -0.2) is 18.8 Å². The lowest BCUT2D eigenvalue weighted by Crippen LogP contribution is -2.13. The number of ether oxygens (including phenoxy) is 1. The summed E-state index contributed by atoms with van der Waals surface area (Å²) in [6.07, 6.45) is 0. The Morgan fingerprint density at radius 3 is 1.65 bits per heavy atom. The van der Waals surface area contributed by atoms with Gasteiger partial charge in [0.05, 0.1) is 33.1 Å². The van der Waals surface area contributed by atoms with Crippen LogP contribution in [0.3, 0.4) is 0 Å². The molecule has 0 bridgehead atoms. The molecule has 0 unspecified atom stereocenters. The second-order valence-electron chi connectivity index (χ2n) is 15.9. The Bertz CT molecular complexity index is 3080. The van der Waals surface area contributed by atoms with Gasteiger partial charge in [-0.05, 0) is 99.5 Å². The maximum absolute atomic E-state index is 6.77. The van der Waals surface area contributed by atoms with Gasteiger partial charge in [0.25, 0.3) is 0 Å². The molecule has 0 amide bonds. The van der Waals surface area contributed by atoms with E-state index in [4.69, 9.17) is 14.7 Å². The minimum absolute atomic E-state index is 0.0441. The maximum atomic E-state index is 6.77. The van der Waals surface area contributed by atoms with Crippen molar-refractivity contribution >= 4 is 76.7 Å². The van der Waals surface area contributed by atoms with E-state index in [0.29, 0.717) is 0 Å². The number of nitrogens with zero attached hydrogens (tertiary/aromatic N) is 4. The van der Waals surface area contributed by atoms with Gasteiger partial charge in [-0.3, -0.25) is 8.80 Å². The third-order valence-corrected chi connectivity index (χ3v) is 10.5. The van der Waals surface area contributed by atoms with E-state index in [1.54, 1.807) is 0 Å². The van der Waals surface area contributed by atoms with E-state index in [2.05, 4.69) is 172 Å². The van der Waals surface area contributed by atoms with Crippen LogP contribution in [0.5, 0.6) is 11.5 Å². The number of hydrogen-bond donors (Lipinski definition) is 0. The summed E-state index contributed by atoms with van der Waals surface area (Å²) in [6, 6.07) is 43.1. The molecule has 0 aliphatic carbocycles. The number of para-hydroxylation sites is 5. The Hall–Kier alpha value is -5.94. The molecule has 0 fully saturated rings. The first-order valence-corrected chi connectivity index (χ1v) is 17.8. The predicted molar refractivity (Wildman–Crippen MR) is 213 cm³/mol. The summed E-state index contributed by atoms with van der Waals surface area (Å²) in [5.41, 5.74) is 10.9. The van der Waals surface area contributed by atoms with Crippen LogP contribution in [0, 0.1) is 0 Å². The molecule has 10 aromatic rings. The Morgan fingerprint density at radius 2 is 0.980 bits per heavy atom. The van der Waals surface area contributed by atoms with Crippen LogP contribution >= 0.6 is 0 Å². The molecule has 0 saturated carbocycles. The number of fused-ring (bicyclic) bond motifs is 16. The normalized spacial score (nSPS) is 12.9. The molecule has 248 valence electrons. The third kappa shape index (κ3) is 4.34. The largest absolute Gasteiger partial charge is 0.457 e. The first-order valence-electron chi connectivity index (χ1n) is 17.8. The SMILES string of the molecule is CC(C)(C)c1cccc2c1c1ccc(Oc3ccc4c(c3)c3nc5ccccc5n3c3c(C(C)(C)C)cccc43)cc1c1nc3ccccc3n21. The first kappa shape index (κ1) is 29.9. The molecule has 0 aliphatic rings. The summed E-state index contributed by atoms with van der Waals surface area (Å²) in [4.78, 5) is 10.4. The van der Waals surface area contributed by atoms with E-state index in [1.807, 2.05) is 0 Å². The number of rotatable bonds is 2. The molecule has 0 saturated heterocycles. The van der Waals surface area contributed by atoms with Crippen LogP contribution in [-0.2, 0) is 10.8 Å². The highest BCUT2D eigenvalue weighted by molar-refractivity contribution is 6.16. The molecule has 4 aromatic heterocycles. The van der Waals surface area contributed by atoms with Crippen molar-refractivity contribution in [1.82, 2.24) is 18.8 Å². The van der Waals surface area contributed by atoms with Gasteiger partial charge < -0.3 is 4.74 Å². The Balaban J connectivity index is 1.22. The highest BCUT2D eigenvalue weighted by Crippen LogP contribution is 2.42. The van der Waals surface area contributed by atoms with Crippen LogP contribution in [0.4, 0.5) is 0 Å². The van der Waals surface area contributed by atoms with E-state index in [1.165, 1.54) is 38.3 Å². The zero-order chi connectivity index (χ0) is 34.8. The van der Waals surface area contributed by atoms with E-state index in [9.17, 15) is 0 Å². The molecule has 0 radical (unpaired) electrons. The fourth-order valence-corrected chi connectivity index (χ4v) is 8.26. The van der Waals surface area contributed by atoms with E-state index < -0.39 is 0 Å². The highest BCUT2D eigenvalue weighted by atomic mass is 16.5. The highest BCUT2D eigenvalue weighted by Gasteiger charge is 2.24. The fourth-order valence-electron chi connectivity index (χ4n) is 8.26. The maximum Gasteiger partial charge on any atom is 0.146 e. The molecule has 4 heterocycles. The van der Waals surface area contributed by atoms with Crippen molar-refractivity contribution in [3.63, 3.8) is 0 Å². The summed E-state index contributed by atoms with van der Waals surface area (Å²) in [5.74, 6) is 1.53. The van der Waals surface area contributed by atoms with Gasteiger partial charge in [0.15, 0.2) is 0 Å². The lowest BCUT2D eigenvalue weighted by Gasteiger charge is -2.23. The summed E-state index contributed by atoms with van der Waals surface area (Å²) in [7, 11) is 0. The Labute approximate surface area is 295 Å². The molecular formula is C46H38N4O. The van der Waals surface area contributed by atoms with Crippen molar-refractivity contribution in [1.29, 1.82) is 0 Å². The van der Waals surface area contributed by atoms with Gasteiger partial charge in [0.1, 0.15) is 22.8 Å². The molecule has 10 rings (SSSR count). The van der Waals surface area contributed by atoms with Gasteiger partial charge in [-0.25, -0.2) is 9.97 Å². The van der Waals surface area contributed by atoms with E-state index in [0.717, 1.165) is 61.0 Å². The second kappa shape index (κ2) is 10.3. The van der Waals surface area contributed by atoms with Gasteiger partial charge in [0, 0.05) is 21.5 Å². The molecule has 0 aliphatic heterocycles. The Kier molecular flexibility index (Phi) is 6.04. The monoisotopic (exact) mass is 662 g/mol. The minimum Gasteiger partial charge on any atom is -0.457 e. The molecule has 0 N–H and O–H groups in total. The van der Waals surface area contributed by atoms with Crippen molar-refractivity contribution < 1.29 is 4.74 Å². The van der Waals surface area contributed by atoms with E-state index >= 15 is 0 Å². The summed E-state index contributed by atoms with van der Waals surface area (Å²) < 4.78 is 11.4. The molecular weight excluding hydrogens is 625 g/mol. The van der Waals surface area contributed by atoms with Crippen molar-refractivity contribution in [2.75, 3.05) is 0 Å². The summed E-state index contributed by atoms with van der Waals surface area (Å²) in [6.45, 7) is 13.7. The molecule has 5 heteroatoms. The van der Waals surface area contributed by atoms with Gasteiger partial charge in [-0.2, -0.15) is 0 Å². The fraction of sp³-hybridized carbons (Fsp3) is 0.174. The summed E-state index contributed by atoms with van der Waals surface area (Å²) in [5, 5.41) is 6.93. The first-order chi connectivity index (χ1) is 24.6. The lowest BCUT2D eigenvalue weighted by atomic mass is 9.83. The average molecular weight is 663 g/mol. The number of hydrogen-bond acceptors (Lipinski definition) is 3. The van der Waals surface area contributed by atoms with Crippen LogP contribution in [0.25, 0.3) is 76.7 Å². The number of benzene rings is 6. The molecule has 0 spiro atoms. The number of imidazole rings is 2. The zero-order valence-electron chi connectivity index (χ0n) is 29.7. The smallest absolute Gasteiger partial charge is 0.146 e. The van der Waals surface area contributed by atoms with Crippen LogP contribution in [0.2, 0.25) is 0 Å². The van der Waals surface area contributed by atoms with Crippen molar-refractivity contribution in [2.24, 2.45) is 0 Å². The van der Waals surface area contributed by atoms with Crippen LogP contribution < -0.4 is 4.74 Å². The zero-order valence-corrected chi connectivity index (χ0v) is 29.7. The standard InChI is InChI=1S/C46H38N4O/c1-45(2,3)34-14-12-20-40-41(34)30-24-22-28(26-33(30)43-47-36-16-7-9-18-38(36)49(40)43)51-27-21-23-29-31-13-11-15-35(46(4,5)6)42(31)50-39-19-10-8-17-37(39)48-44(50)32(29)25-27/h7-26H,1-6H3. The molecule has 51 heavy (non-hydrogen) atoms. The molecule has 6 aromatic carbocycles.